The summed E-state index contributed by atoms with van der Waals surface area (Å²) in [4.78, 5) is 4.48. The second kappa shape index (κ2) is 5.96. The summed E-state index contributed by atoms with van der Waals surface area (Å²) >= 11 is 0. The maximum Gasteiger partial charge on any atom is 0.161 e. The van der Waals surface area contributed by atoms with E-state index in [1.165, 1.54) is 0 Å². The van der Waals surface area contributed by atoms with Gasteiger partial charge in [-0.25, -0.2) is 13.8 Å². The van der Waals surface area contributed by atoms with E-state index in [1.54, 1.807) is 7.11 Å². The van der Waals surface area contributed by atoms with E-state index >= 15 is 0 Å². The number of hydrogen-bond donors (Lipinski definition) is 1. The SMILES string of the molecule is COc1ccccc1-c1nc2cc(F)c(F)cc2n1C(C)CN. The van der Waals surface area contributed by atoms with Crippen LogP contribution in [0.15, 0.2) is 36.4 Å². The first-order valence-electron chi connectivity index (χ1n) is 7.27. The van der Waals surface area contributed by atoms with Gasteiger partial charge in [-0.1, -0.05) is 12.1 Å². The molecule has 0 spiro atoms. The fourth-order valence-corrected chi connectivity index (χ4v) is 2.66. The predicted molar refractivity (Wildman–Crippen MR) is 85.4 cm³/mol. The van der Waals surface area contributed by atoms with Gasteiger partial charge in [-0.05, 0) is 19.1 Å². The third-order valence-corrected chi connectivity index (χ3v) is 3.86. The highest BCUT2D eigenvalue weighted by molar-refractivity contribution is 5.82. The molecule has 4 nitrogen and oxygen atoms in total. The van der Waals surface area contributed by atoms with E-state index in [-0.39, 0.29) is 6.04 Å². The Labute approximate surface area is 132 Å². The molecule has 2 N–H and O–H groups in total. The molecule has 0 radical (unpaired) electrons. The summed E-state index contributed by atoms with van der Waals surface area (Å²) in [5, 5.41) is 0. The first kappa shape index (κ1) is 15.4. The van der Waals surface area contributed by atoms with Gasteiger partial charge in [0, 0.05) is 24.7 Å². The molecule has 1 atom stereocenters. The van der Waals surface area contributed by atoms with Crippen LogP contribution >= 0.6 is 0 Å². The largest absolute Gasteiger partial charge is 0.496 e. The lowest BCUT2D eigenvalue weighted by molar-refractivity contribution is 0.415. The van der Waals surface area contributed by atoms with Crippen LogP contribution in [0.2, 0.25) is 0 Å². The summed E-state index contributed by atoms with van der Waals surface area (Å²) in [6.45, 7) is 2.24. The van der Waals surface area contributed by atoms with Crippen LogP contribution in [-0.4, -0.2) is 23.2 Å². The van der Waals surface area contributed by atoms with Crippen LogP contribution in [0, 0.1) is 11.6 Å². The van der Waals surface area contributed by atoms with E-state index < -0.39 is 11.6 Å². The van der Waals surface area contributed by atoms with Gasteiger partial charge >= 0.3 is 0 Å². The highest BCUT2D eigenvalue weighted by atomic mass is 19.2. The van der Waals surface area contributed by atoms with Crippen LogP contribution in [0.3, 0.4) is 0 Å². The molecule has 1 aromatic heterocycles. The zero-order valence-corrected chi connectivity index (χ0v) is 12.9. The normalized spacial score (nSPS) is 12.6. The molecule has 0 saturated heterocycles. The van der Waals surface area contributed by atoms with Crippen LogP contribution < -0.4 is 10.5 Å². The summed E-state index contributed by atoms with van der Waals surface area (Å²) in [7, 11) is 1.57. The van der Waals surface area contributed by atoms with Crippen molar-refractivity contribution in [3.8, 4) is 17.1 Å². The zero-order chi connectivity index (χ0) is 16.6. The number of nitrogens with two attached hydrogens (primary N) is 1. The lowest BCUT2D eigenvalue weighted by Crippen LogP contribution is -2.17. The lowest BCUT2D eigenvalue weighted by Gasteiger charge is -2.17. The van der Waals surface area contributed by atoms with Crippen molar-refractivity contribution in [2.24, 2.45) is 5.73 Å². The number of aromatic nitrogens is 2. The average Bonchev–Trinajstić information content (AvgIpc) is 2.92. The molecule has 3 aromatic rings. The third-order valence-electron chi connectivity index (χ3n) is 3.86. The van der Waals surface area contributed by atoms with Crippen molar-refractivity contribution in [2.45, 2.75) is 13.0 Å². The average molecular weight is 317 g/mol. The molecule has 2 aromatic carbocycles. The summed E-state index contributed by atoms with van der Waals surface area (Å²) in [5.41, 5.74) is 7.42. The van der Waals surface area contributed by atoms with Crippen LogP contribution in [0.4, 0.5) is 8.78 Å². The van der Waals surface area contributed by atoms with Gasteiger partial charge in [-0.3, -0.25) is 0 Å². The number of methoxy groups -OCH3 is 1. The van der Waals surface area contributed by atoms with Crippen LogP contribution in [0.25, 0.3) is 22.4 Å². The van der Waals surface area contributed by atoms with Gasteiger partial charge in [-0.15, -0.1) is 0 Å². The maximum absolute atomic E-state index is 13.7. The Morgan fingerprint density at radius 2 is 1.91 bits per heavy atom. The van der Waals surface area contributed by atoms with Crippen LogP contribution in [-0.2, 0) is 0 Å². The van der Waals surface area contributed by atoms with Gasteiger partial charge in [0.15, 0.2) is 11.6 Å². The molecule has 1 unspecified atom stereocenters. The number of rotatable bonds is 4. The molecular weight excluding hydrogens is 300 g/mol. The fraction of sp³-hybridized carbons (Fsp3) is 0.235. The molecule has 0 aliphatic rings. The molecule has 0 saturated carbocycles. The van der Waals surface area contributed by atoms with E-state index in [2.05, 4.69) is 4.98 Å². The van der Waals surface area contributed by atoms with E-state index in [0.717, 1.165) is 17.7 Å². The molecule has 0 fully saturated rings. The minimum absolute atomic E-state index is 0.134. The van der Waals surface area contributed by atoms with Gasteiger partial charge in [0.05, 0.1) is 23.7 Å². The zero-order valence-electron chi connectivity index (χ0n) is 12.9. The van der Waals surface area contributed by atoms with Gasteiger partial charge in [-0.2, -0.15) is 0 Å². The number of para-hydroxylation sites is 1. The number of hydrogen-bond acceptors (Lipinski definition) is 3. The second-order valence-electron chi connectivity index (χ2n) is 5.35. The standard InChI is InChI=1S/C17H17F2N3O/c1-10(9-20)22-15-8-13(19)12(18)7-14(15)21-17(22)11-5-3-4-6-16(11)23-2/h3-8,10H,9,20H2,1-2H3. The van der Waals surface area contributed by atoms with Crippen molar-refractivity contribution in [1.82, 2.24) is 9.55 Å². The van der Waals surface area contributed by atoms with Gasteiger partial charge in [0.25, 0.3) is 0 Å². The van der Waals surface area contributed by atoms with E-state index in [1.807, 2.05) is 35.8 Å². The molecule has 0 bridgehead atoms. The summed E-state index contributed by atoms with van der Waals surface area (Å²) in [6, 6.07) is 9.49. The quantitative estimate of drug-likeness (QED) is 0.801. The minimum atomic E-state index is -0.922. The molecule has 0 aliphatic heterocycles. The number of ether oxygens (including phenoxy) is 1. The smallest absolute Gasteiger partial charge is 0.161 e. The highest BCUT2D eigenvalue weighted by Gasteiger charge is 2.20. The number of imidazole rings is 1. The number of benzene rings is 2. The van der Waals surface area contributed by atoms with Crippen LogP contribution in [0.5, 0.6) is 5.75 Å². The first-order valence-corrected chi connectivity index (χ1v) is 7.27. The molecular formula is C17H17F2N3O. The Hall–Kier alpha value is -2.47. The highest BCUT2D eigenvalue weighted by Crippen LogP contribution is 2.34. The monoisotopic (exact) mass is 317 g/mol. The summed E-state index contributed by atoms with van der Waals surface area (Å²) in [6.07, 6.45) is 0. The van der Waals surface area contributed by atoms with Crippen molar-refractivity contribution in [3.63, 3.8) is 0 Å². The molecule has 0 amide bonds. The van der Waals surface area contributed by atoms with Gasteiger partial charge in [0.1, 0.15) is 11.6 Å². The van der Waals surface area contributed by atoms with Crippen molar-refractivity contribution < 1.29 is 13.5 Å². The molecule has 1 heterocycles. The Bertz CT molecular complexity index is 860. The summed E-state index contributed by atoms with van der Waals surface area (Å²) in [5.74, 6) is -0.627. The molecule has 23 heavy (non-hydrogen) atoms. The van der Waals surface area contributed by atoms with Crippen molar-refractivity contribution >= 4 is 11.0 Å². The third kappa shape index (κ3) is 2.55. The van der Waals surface area contributed by atoms with Gasteiger partial charge < -0.3 is 15.0 Å². The first-order chi connectivity index (χ1) is 11.1. The number of nitrogens with zero attached hydrogens (tertiary/aromatic N) is 2. The lowest BCUT2D eigenvalue weighted by atomic mass is 10.1. The number of halogens is 2. The topological polar surface area (TPSA) is 53.1 Å². The molecule has 0 aliphatic carbocycles. The van der Waals surface area contributed by atoms with E-state index in [0.29, 0.717) is 29.2 Å². The van der Waals surface area contributed by atoms with E-state index in [4.69, 9.17) is 10.5 Å². The second-order valence-corrected chi connectivity index (χ2v) is 5.35. The van der Waals surface area contributed by atoms with Crippen molar-refractivity contribution in [3.05, 3.63) is 48.0 Å². The van der Waals surface area contributed by atoms with Crippen LogP contribution in [0.1, 0.15) is 13.0 Å². The molecule has 6 heteroatoms. The fourth-order valence-electron chi connectivity index (χ4n) is 2.66. The summed E-state index contributed by atoms with van der Waals surface area (Å²) < 4.78 is 34.4. The predicted octanol–water partition coefficient (Wildman–Crippen LogP) is 3.51. The van der Waals surface area contributed by atoms with E-state index in [9.17, 15) is 8.78 Å². The maximum atomic E-state index is 13.7. The van der Waals surface area contributed by atoms with Crippen molar-refractivity contribution in [2.75, 3.05) is 13.7 Å². The Balaban J connectivity index is 2.35. The molecule has 120 valence electrons. The Morgan fingerprint density at radius 1 is 1.22 bits per heavy atom. The molecule has 3 rings (SSSR count). The minimum Gasteiger partial charge on any atom is -0.496 e. The number of fused-ring (bicyclic) bond motifs is 1. The Morgan fingerprint density at radius 3 is 2.61 bits per heavy atom. The van der Waals surface area contributed by atoms with Gasteiger partial charge in [0.2, 0.25) is 0 Å². The van der Waals surface area contributed by atoms with Crippen molar-refractivity contribution in [1.29, 1.82) is 0 Å². The Kier molecular flexibility index (Phi) is 4.00.